The van der Waals surface area contributed by atoms with Gasteiger partial charge in [0.2, 0.25) is 5.91 Å². The van der Waals surface area contributed by atoms with Crippen LogP contribution in [0.3, 0.4) is 0 Å². The molecule has 1 saturated carbocycles. The Morgan fingerprint density at radius 2 is 2.03 bits per heavy atom. The summed E-state index contributed by atoms with van der Waals surface area (Å²) in [5.41, 5.74) is 1.83. The van der Waals surface area contributed by atoms with Crippen LogP contribution in [0.4, 0.5) is 0 Å². The minimum Gasteiger partial charge on any atom is -0.356 e. The summed E-state index contributed by atoms with van der Waals surface area (Å²) in [4.78, 5) is 25.8. The maximum Gasteiger partial charge on any atom is 0.261 e. The quantitative estimate of drug-likeness (QED) is 0.531. The van der Waals surface area contributed by atoms with Gasteiger partial charge in [-0.3, -0.25) is 9.59 Å². The Hall–Kier alpha value is -2.38. The summed E-state index contributed by atoms with van der Waals surface area (Å²) in [7, 11) is 0. The molecule has 0 radical (unpaired) electrons. The summed E-state index contributed by atoms with van der Waals surface area (Å²) in [6.45, 7) is 3.17. The number of benzene rings is 1. The normalized spacial score (nSPS) is 13.6. The number of nitrogens with one attached hydrogen (secondary N) is 2. The van der Waals surface area contributed by atoms with Gasteiger partial charge in [0.1, 0.15) is 4.83 Å². The molecule has 4 rings (SSSR count). The van der Waals surface area contributed by atoms with E-state index < -0.39 is 0 Å². The maximum absolute atomic E-state index is 12.6. The van der Waals surface area contributed by atoms with Gasteiger partial charge in [-0.05, 0) is 49.9 Å². The van der Waals surface area contributed by atoms with Crippen molar-refractivity contribution in [1.82, 2.24) is 20.4 Å². The van der Waals surface area contributed by atoms with E-state index in [1.807, 2.05) is 35.0 Å². The fourth-order valence-corrected chi connectivity index (χ4v) is 4.45. The fraction of sp³-hybridized carbons (Fsp3) is 0.381. The molecule has 0 saturated heterocycles. The first-order valence-corrected chi connectivity index (χ1v) is 11.1. The molecule has 0 bridgehead atoms. The lowest BCUT2D eigenvalue weighted by atomic mass is 10.2. The molecule has 6 nitrogen and oxygen atoms in total. The Morgan fingerprint density at radius 3 is 2.76 bits per heavy atom. The van der Waals surface area contributed by atoms with Crippen LogP contribution in [0.2, 0.25) is 5.02 Å². The van der Waals surface area contributed by atoms with E-state index in [1.54, 1.807) is 0 Å². The Bertz CT molecular complexity index is 1050. The van der Waals surface area contributed by atoms with Crippen LogP contribution in [-0.4, -0.2) is 34.7 Å². The van der Waals surface area contributed by atoms with Crippen molar-refractivity contribution in [3.63, 3.8) is 0 Å². The molecule has 2 heterocycles. The van der Waals surface area contributed by atoms with Gasteiger partial charge in [0.05, 0.1) is 16.3 Å². The zero-order valence-corrected chi connectivity index (χ0v) is 17.8. The average molecular weight is 431 g/mol. The van der Waals surface area contributed by atoms with Gasteiger partial charge in [-0.25, -0.2) is 4.68 Å². The first kappa shape index (κ1) is 19.9. The number of halogens is 1. The van der Waals surface area contributed by atoms with Crippen molar-refractivity contribution in [2.45, 2.75) is 32.6 Å². The predicted octanol–water partition coefficient (Wildman–Crippen LogP) is 3.95. The van der Waals surface area contributed by atoms with Gasteiger partial charge in [0.25, 0.3) is 5.91 Å². The molecule has 0 aliphatic heterocycles. The molecule has 2 amide bonds. The van der Waals surface area contributed by atoms with Gasteiger partial charge in [0.15, 0.2) is 0 Å². The number of nitrogens with zero attached hydrogens (tertiary/aromatic N) is 2. The van der Waals surface area contributed by atoms with E-state index in [4.69, 9.17) is 16.7 Å². The monoisotopic (exact) mass is 430 g/mol. The maximum atomic E-state index is 12.6. The molecule has 0 atom stereocenters. The standard InChI is InChI=1S/C21H23ClN4O2S/c1-2-17-16-12-18(20(28)24-10-4-9-23-19(27)13-7-8-13)29-21(16)26(25-17)15-6-3-5-14(22)11-15/h3,5-6,11-13H,2,4,7-10H2,1H3,(H,23,27)(H,24,28). The number of thiophene rings is 1. The topological polar surface area (TPSA) is 76.0 Å². The third-order valence-corrected chi connectivity index (χ3v) is 6.28. The molecule has 1 aliphatic rings. The second-order valence-electron chi connectivity index (χ2n) is 7.20. The van der Waals surface area contributed by atoms with E-state index in [0.717, 1.165) is 40.9 Å². The van der Waals surface area contributed by atoms with Crippen LogP contribution in [0.25, 0.3) is 15.9 Å². The molecule has 2 aromatic heterocycles. The highest BCUT2D eigenvalue weighted by Gasteiger charge is 2.29. The molecule has 2 N–H and O–H groups in total. The number of hydrogen-bond acceptors (Lipinski definition) is 4. The number of aromatic nitrogens is 2. The Balaban J connectivity index is 1.43. The van der Waals surface area contributed by atoms with Gasteiger partial charge in [-0.1, -0.05) is 24.6 Å². The lowest BCUT2D eigenvalue weighted by Gasteiger charge is -2.05. The van der Waals surface area contributed by atoms with Gasteiger partial charge >= 0.3 is 0 Å². The Morgan fingerprint density at radius 1 is 1.24 bits per heavy atom. The number of rotatable bonds is 8. The van der Waals surface area contributed by atoms with E-state index in [2.05, 4.69) is 17.6 Å². The minimum absolute atomic E-state index is 0.0978. The van der Waals surface area contributed by atoms with Crippen LogP contribution in [-0.2, 0) is 11.2 Å². The summed E-state index contributed by atoms with van der Waals surface area (Å²) in [5, 5.41) is 12.2. The number of aryl methyl sites for hydroxylation is 1. The zero-order chi connectivity index (χ0) is 20.4. The molecule has 1 fully saturated rings. The summed E-state index contributed by atoms with van der Waals surface area (Å²) >= 11 is 7.56. The van der Waals surface area contributed by atoms with Crippen molar-refractivity contribution >= 4 is 45.0 Å². The molecule has 1 aliphatic carbocycles. The van der Waals surface area contributed by atoms with Crippen molar-refractivity contribution in [2.24, 2.45) is 5.92 Å². The first-order chi connectivity index (χ1) is 14.1. The highest BCUT2D eigenvalue weighted by Crippen LogP contribution is 2.31. The first-order valence-electron chi connectivity index (χ1n) is 9.90. The third-order valence-electron chi connectivity index (χ3n) is 4.93. The molecule has 8 heteroatoms. The highest BCUT2D eigenvalue weighted by atomic mass is 35.5. The van der Waals surface area contributed by atoms with Gasteiger partial charge in [0, 0.05) is 29.4 Å². The summed E-state index contributed by atoms with van der Waals surface area (Å²) < 4.78 is 1.86. The lowest BCUT2D eigenvalue weighted by molar-refractivity contribution is -0.122. The van der Waals surface area contributed by atoms with Crippen LogP contribution >= 0.6 is 22.9 Å². The molecular weight excluding hydrogens is 408 g/mol. The van der Waals surface area contributed by atoms with E-state index in [1.165, 1.54) is 11.3 Å². The minimum atomic E-state index is -0.0978. The van der Waals surface area contributed by atoms with Crippen molar-refractivity contribution in [1.29, 1.82) is 0 Å². The van der Waals surface area contributed by atoms with Crippen molar-refractivity contribution in [3.05, 3.63) is 45.9 Å². The second-order valence-corrected chi connectivity index (χ2v) is 8.66. The van der Waals surface area contributed by atoms with Gasteiger partial charge < -0.3 is 10.6 Å². The molecule has 3 aromatic rings. The third kappa shape index (κ3) is 4.46. The zero-order valence-electron chi connectivity index (χ0n) is 16.2. The summed E-state index contributed by atoms with van der Waals surface area (Å²) in [6.07, 6.45) is 3.50. The fourth-order valence-electron chi connectivity index (χ4n) is 3.20. The Labute approximate surface area is 178 Å². The molecule has 0 spiro atoms. The van der Waals surface area contributed by atoms with Crippen LogP contribution in [0.1, 0.15) is 41.6 Å². The SMILES string of the molecule is CCc1nn(-c2cccc(Cl)c2)c2sc(C(=O)NCCCNC(=O)C3CC3)cc12. The van der Waals surface area contributed by atoms with Crippen molar-refractivity contribution in [3.8, 4) is 5.69 Å². The van der Waals surface area contributed by atoms with Crippen LogP contribution < -0.4 is 10.6 Å². The van der Waals surface area contributed by atoms with E-state index >= 15 is 0 Å². The number of amides is 2. The average Bonchev–Trinajstić information content (AvgIpc) is 3.38. The van der Waals surface area contributed by atoms with Crippen LogP contribution in [0, 0.1) is 5.92 Å². The van der Waals surface area contributed by atoms with Crippen LogP contribution in [0.15, 0.2) is 30.3 Å². The lowest BCUT2D eigenvalue weighted by Crippen LogP contribution is -2.30. The summed E-state index contributed by atoms with van der Waals surface area (Å²) in [5.74, 6) is 0.257. The molecule has 0 unspecified atom stereocenters. The summed E-state index contributed by atoms with van der Waals surface area (Å²) in [6, 6.07) is 9.44. The van der Waals surface area contributed by atoms with Crippen LogP contribution in [0.5, 0.6) is 0 Å². The predicted molar refractivity (Wildman–Crippen MR) is 116 cm³/mol. The second kappa shape index (κ2) is 8.55. The van der Waals surface area contributed by atoms with Crippen molar-refractivity contribution in [2.75, 3.05) is 13.1 Å². The number of fused-ring (bicyclic) bond motifs is 1. The van der Waals surface area contributed by atoms with Crippen molar-refractivity contribution < 1.29 is 9.59 Å². The number of carbonyl (C=O) groups excluding carboxylic acids is 2. The number of carbonyl (C=O) groups is 2. The highest BCUT2D eigenvalue weighted by molar-refractivity contribution is 7.20. The van der Waals surface area contributed by atoms with E-state index in [0.29, 0.717) is 29.4 Å². The number of hydrogen-bond donors (Lipinski definition) is 2. The molecular formula is C21H23ClN4O2S. The molecule has 29 heavy (non-hydrogen) atoms. The smallest absolute Gasteiger partial charge is 0.261 e. The van der Waals surface area contributed by atoms with Gasteiger partial charge in [-0.2, -0.15) is 5.10 Å². The van der Waals surface area contributed by atoms with E-state index in [9.17, 15) is 9.59 Å². The largest absolute Gasteiger partial charge is 0.356 e. The molecule has 1 aromatic carbocycles. The van der Waals surface area contributed by atoms with Gasteiger partial charge in [-0.15, -0.1) is 11.3 Å². The Kier molecular flexibility index (Phi) is 5.87. The molecule has 152 valence electrons. The van der Waals surface area contributed by atoms with E-state index in [-0.39, 0.29) is 17.7 Å².